The molecule has 162 valence electrons. The van der Waals surface area contributed by atoms with Gasteiger partial charge in [0.15, 0.2) is 0 Å². The molecule has 0 aliphatic carbocycles. The third-order valence-corrected chi connectivity index (χ3v) is 5.80. The molecule has 3 heterocycles. The Morgan fingerprint density at radius 3 is 2.71 bits per heavy atom. The minimum atomic E-state index is -0.271. The van der Waals surface area contributed by atoms with E-state index in [1.165, 1.54) is 4.57 Å². The molecule has 1 amide bonds. The van der Waals surface area contributed by atoms with Crippen molar-refractivity contribution in [1.82, 2.24) is 19.4 Å². The molecule has 0 radical (unpaired) electrons. The molecule has 8 nitrogen and oxygen atoms in total. The number of benzene rings is 1. The minimum absolute atomic E-state index is 0.141. The van der Waals surface area contributed by atoms with E-state index in [4.69, 9.17) is 16.3 Å². The maximum Gasteiger partial charge on any atom is 0.409 e. The average Bonchev–Trinajstić information content (AvgIpc) is 2.78. The van der Waals surface area contributed by atoms with E-state index in [1.54, 1.807) is 37.2 Å². The Bertz CT molecular complexity index is 1170. The number of rotatable bonds is 4. The molecule has 4 rings (SSSR count). The second kappa shape index (κ2) is 8.93. The van der Waals surface area contributed by atoms with Crippen molar-refractivity contribution >= 4 is 34.7 Å². The lowest BCUT2D eigenvalue weighted by molar-refractivity contribution is 0.0983. The van der Waals surface area contributed by atoms with Gasteiger partial charge in [-0.25, -0.2) is 9.78 Å². The Hall–Kier alpha value is -3.13. The Kier molecular flexibility index (Phi) is 6.08. The second-order valence-electron chi connectivity index (χ2n) is 7.48. The molecule has 1 aromatic carbocycles. The van der Waals surface area contributed by atoms with Gasteiger partial charge in [-0.3, -0.25) is 9.36 Å². The minimum Gasteiger partial charge on any atom is -0.450 e. The summed E-state index contributed by atoms with van der Waals surface area (Å²) in [6, 6.07) is 9.18. The van der Waals surface area contributed by atoms with E-state index in [2.05, 4.69) is 15.3 Å². The van der Waals surface area contributed by atoms with Crippen LogP contribution in [0.5, 0.6) is 0 Å². The number of carbonyl (C=O) groups excluding carboxylic acids is 1. The van der Waals surface area contributed by atoms with Crippen molar-refractivity contribution in [2.75, 3.05) is 25.0 Å². The van der Waals surface area contributed by atoms with E-state index in [0.717, 1.165) is 18.2 Å². The van der Waals surface area contributed by atoms with Crippen LogP contribution in [0.2, 0.25) is 5.02 Å². The number of carbonyl (C=O) groups is 1. The summed E-state index contributed by atoms with van der Waals surface area (Å²) in [5.74, 6) is 0.461. The van der Waals surface area contributed by atoms with Crippen molar-refractivity contribution in [2.24, 2.45) is 7.05 Å². The maximum atomic E-state index is 13.0. The van der Waals surface area contributed by atoms with Crippen molar-refractivity contribution in [3.63, 3.8) is 0 Å². The van der Waals surface area contributed by atoms with Gasteiger partial charge in [-0.15, -0.1) is 0 Å². The number of likely N-dealkylation sites (tertiary alicyclic amines) is 1. The van der Waals surface area contributed by atoms with Crippen molar-refractivity contribution in [1.29, 1.82) is 0 Å². The number of aromatic nitrogens is 3. The van der Waals surface area contributed by atoms with Crippen LogP contribution in [0.1, 0.15) is 19.8 Å². The number of halogens is 1. The lowest BCUT2D eigenvalue weighted by Crippen LogP contribution is -2.42. The summed E-state index contributed by atoms with van der Waals surface area (Å²) in [5, 5.41) is 4.60. The first-order valence-corrected chi connectivity index (χ1v) is 10.7. The molecule has 31 heavy (non-hydrogen) atoms. The van der Waals surface area contributed by atoms with Gasteiger partial charge in [-0.2, -0.15) is 4.98 Å². The third-order valence-electron chi connectivity index (χ3n) is 5.47. The number of hydrogen-bond donors (Lipinski definition) is 1. The molecule has 0 spiro atoms. The Morgan fingerprint density at radius 1 is 1.26 bits per heavy atom. The number of fused-ring (bicyclic) bond motifs is 1. The summed E-state index contributed by atoms with van der Waals surface area (Å²) in [5.41, 5.74) is 1.56. The maximum absolute atomic E-state index is 13.0. The lowest BCUT2D eigenvalue weighted by atomic mass is 10.1. The molecule has 2 aromatic heterocycles. The van der Waals surface area contributed by atoms with E-state index < -0.39 is 0 Å². The number of nitrogens with one attached hydrogen (secondary N) is 1. The molecule has 1 aliphatic rings. The zero-order valence-corrected chi connectivity index (χ0v) is 18.2. The molecule has 1 saturated heterocycles. The van der Waals surface area contributed by atoms with Crippen molar-refractivity contribution in [3.05, 3.63) is 51.9 Å². The van der Waals surface area contributed by atoms with Crippen molar-refractivity contribution < 1.29 is 9.53 Å². The van der Waals surface area contributed by atoms with Crippen LogP contribution in [0.25, 0.3) is 22.2 Å². The third kappa shape index (κ3) is 4.34. The van der Waals surface area contributed by atoms with Gasteiger partial charge in [0.05, 0.1) is 6.61 Å². The summed E-state index contributed by atoms with van der Waals surface area (Å²) in [7, 11) is 1.69. The molecule has 1 fully saturated rings. The molecule has 0 unspecified atom stereocenters. The summed E-state index contributed by atoms with van der Waals surface area (Å²) < 4.78 is 6.58. The lowest BCUT2D eigenvalue weighted by Gasteiger charge is -2.31. The fraction of sp³-hybridized carbons (Fsp3) is 0.364. The van der Waals surface area contributed by atoms with E-state index in [1.807, 2.05) is 18.2 Å². The quantitative estimate of drug-likeness (QED) is 0.664. The van der Waals surface area contributed by atoms with E-state index in [0.29, 0.717) is 47.4 Å². The van der Waals surface area contributed by atoms with Crippen molar-refractivity contribution in [2.45, 2.75) is 25.8 Å². The number of pyridine rings is 1. The summed E-state index contributed by atoms with van der Waals surface area (Å²) in [6.45, 7) is 3.40. The highest BCUT2D eigenvalue weighted by molar-refractivity contribution is 6.33. The number of aryl methyl sites for hydroxylation is 1. The predicted molar refractivity (Wildman–Crippen MR) is 120 cm³/mol. The molecule has 0 bridgehead atoms. The number of amides is 1. The number of piperidine rings is 1. The van der Waals surface area contributed by atoms with E-state index in [9.17, 15) is 9.59 Å². The molecule has 1 N–H and O–H groups in total. The normalized spacial score (nSPS) is 14.6. The zero-order chi connectivity index (χ0) is 22.0. The van der Waals surface area contributed by atoms with E-state index in [-0.39, 0.29) is 17.7 Å². The molecular weight excluding hydrogens is 418 g/mol. The summed E-state index contributed by atoms with van der Waals surface area (Å²) >= 11 is 6.29. The van der Waals surface area contributed by atoms with Gasteiger partial charge in [-0.05, 0) is 31.9 Å². The van der Waals surface area contributed by atoms with E-state index >= 15 is 0 Å². The topological polar surface area (TPSA) is 89.4 Å². The van der Waals surface area contributed by atoms with Crippen LogP contribution in [-0.2, 0) is 11.8 Å². The van der Waals surface area contributed by atoms with Crippen molar-refractivity contribution in [3.8, 4) is 11.1 Å². The summed E-state index contributed by atoms with van der Waals surface area (Å²) in [6.07, 6.45) is 2.97. The molecule has 0 atom stereocenters. The van der Waals surface area contributed by atoms with Crippen LogP contribution in [0.4, 0.5) is 10.7 Å². The first-order valence-electron chi connectivity index (χ1n) is 10.3. The number of anilines is 1. The van der Waals surface area contributed by atoms with Gasteiger partial charge < -0.3 is 15.0 Å². The average molecular weight is 442 g/mol. The molecule has 0 saturated carbocycles. The highest BCUT2D eigenvalue weighted by Gasteiger charge is 2.24. The first kappa shape index (κ1) is 21.1. The SMILES string of the molecule is CCOC(=O)N1CCC(Nc2ncc3cc(-c4ccccc4Cl)c(=O)n(C)c3n2)CC1. The van der Waals surface area contributed by atoms with Crippen LogP contribution in [0, 0.1) is 0 Å². The Balaban J connectivity index is 1.55. The molecule has 3 aromatic rings. The van der Waals surface area contributed by atoms with Gasteiger partial charge in [0.1, 0.15) is 5.65 Å². The Labute approximate surface area is 184 Å². The zero-order valence-electron chi connectivity index (χ0n) is 17.5. The standard InChI is InChI=1S/C22H24ClN5O3/c1-3-31-22(30)28-10-8-15(9-11-28)25-21-24-13-14-12-17(16-6-4-5-7-18(16)23)20(29)27(2)19(14)26-21/h4-7,12-13,15H,3,8-11H2,1-2H3,(H,24,25,26). The largest absolute Gasteiger partial charge is 0.450 e. The molecular formula is C22H24ClN5O3. The highest BCUT2D eigenvalue weighted by Crippen LogP contribution is 2.27. The highest BCUT2D eigenvalue weighted by atomic mass is 35.5. The van der Waals surface area contributed by atoms with Crippen LogP contribution in [-0.4, -0.2) is 51.3 Å². The van der Waals surface area contributed by atoms with Gasteiger partial charge in [-0.1, -0.05) is 29.8 Å². The fourth-order valence-electron chi connectivity index (χ4n) is 3.79. The number of ether oxygens (including phenoxy) is 1. The van der Waals surface area contributed by atoms with Crippen LogP contribution < -0.4 is 10.9 Å². The number of hydrogen-bond acceptors (Lipinski definition) is 6. The van der Waals surface area contributed by atoms with Gasteiger partial charge in [0.2, 0.25) is 5.95 Å². The van der Waals surface area contributed by atoms with Gasteiger partial charge in [0, 0.05) is 53.9 Å². The first-order chi connectivity index (χ1) is 15.0. The van der Waals surface area contributed by atoms with Crippen LogP contribution in [0.3, 0.4) is 0 Å². The smallest absolute Gasteiger partial charge is 0.409 e. The second-order valence-corrected chi connectivity index (χ2v) is 7.89. The molecule has 1 aliphatic heterocycles. The van der Waals surface area contributed by atoms with Gasteiger partial charge in [0.25, 0.3) is 5.56 Å². The monoisotopic (exact) mass is 441 g/mol. The molecule has 9 heteroatoms. The van der Waals surface area contributed by atoms with Crippen LogP contribution in [0.15, 0.2) is 41.3 Å². The van der Waals surface area contributed by atoms with Crippen LogP contribution >= 0.6 is 11.6 Å². The summed E-state index contributed by atoms with van der Waals surface area (Å²) in [4.78, 5) is 35.5. The Morgan fingerprint density at radius 2 is 2.00 bits per heavy atom. The number of nitrogens with zero attached hydrogens (tertiary/aromatic N) is 4. The fourth-order valence-corrected chi connectivity index (χ4v) is 4.03. The van der Waals surface area contributed by atoms with Gasteiger partial charge >= 0.3 is 6.09 Å². The predicted octanol–water partition coefficient (Wildman–Crippen LogP) is 3.68.